The lowest BCUT2D eigenvalue weighted by molar-refractivity contribution is 0.102. The van der Waals surface area contributed by atoms with Crippen LogP contribution in [0.25, 0.3) is 10.9 Å². The molecule has 3 aromatic rings. The number of hydrogen-bond acceptors (Lipinski definition) is 2. The summed E-state index contributed by atoms with van der Waals surface area (Å²) in [4.78, 5) is 12.5. The summed E-state index contributed by atoms with van der Waals surface area (Å²) in [6, 6.07) is 9.47. The highest BCUT2D eigenvalue weighted by Crippen LogP contribution is 2.24. The third kappa shape index (κ3) is 2.01. The molecule has 0 atom stereocenters. The molecule has 0 aliphatic rings. The van der Waals surface area contributed by atoms with Gasteiger partial charge in [-0.2, -0.15) is 5.10 Å². The average Bonchev–Trinajstić information content (AvgIpc) is 2.81. The number of para-hydroxylation sites is 1. The minimum absolute atomic E-state index is 0.0523. The van der Waals surface area contributed by atoms with Crippen molar-refractivity contribution >= 4 is 16.7 Å². The molecular formula is C16H12F2N2O. The zero-order valence-electron chi connectivity index (χ0n) is 11.5. The van der Waals surface area contributed by atoms with Gasteiger partial charge in [-0.25, -0.2) is 8.78 Å². The van der Waals surface area contributed by atoms with E-state index in [2.05, 4.69) is 5.10 Å². The molecule has 0 bridgehead atoms. The van der Waals surface area contributed by atoms with Crippen LogP contribution in [0.15, 0.2) is 36.4 Å². The van der Waals surface area contributed by atoms with Crippen molar-refractivity contribution in [2.75, 3.05) is 0 Å². The molecule has 106 valence electrons. The fourth-order valence-corrected chi connectivity index (χ4v) is 2.36. The van der Waals surface area contributed by atoms with E-state index < -0.39 is 23.0 Å². The number of halogens is 2. The van der Waals surface area contributed by atoms with Gasteiger partial charge in [0.15, 0.2) is 0 Å². The highest BCUT2D eigenvalue weighted by molar-refractivity contribution is 6.15. The van der Waals surface area contributed by atoms with Crippen molar-refractivity contribution in [1.29, 1.82) is 0 Å². The third-order valence-electron chi connectivity index (χ3n) is 3.48. The molecule has 3 nitrogen and oxygen atoms in total. The maximum absolute atomic E-state index is 14.1. The maximum Gasteiger partial charge on any atom is 0.219 e. The van der Waals surface area contributed by atoms with E-state index in [0.717, 1.165) is 11.6 Å². The summed E-state index contributed by atoms with van der Waals surface area (Å²) in [7, 11) is 1.68. The molecule has 2 aromatic carbocycles. The predicted octanol–water partition coefficient (Wildman–Crippen LogP) is 3.39. The summed E-state index contributed by atoms with van der Waals surface area (Å²) in [5.74, 6) is -2.46. The van der Waals surface area contributed by atoms with Crippen molar-refractivity contribution in [3.05, 3.63) is 64.9 Å². The Morgan fingerprint density at radius 3 is 2.62 bits per heavy atom. The standard InChI is InChI=1S/C16H12F2N2O/c1-9-7-8-11(17)13(14(9)18)16(21)15-10-5-3-4-6-12(10)20(2)19-15/h3-8H,1-2H3. The Balaban J connectivity index is 2.25. The van der Waals surface area contributed by atoms with Crippen LogP contribution in [0.4, 0.5) is 8.78 Å². The summed E-state index contributed by atoms with van der Waals surface area (Å²) in [6.45, 7) is 1.49. The SMILES string of the molecule is Cc1ccc(F)c(C(=O)c2nn(C)c3ccccc23)c1F. The van der Waals surface area contributed by atoms with E-state index in [4.69, 9.17) is 0 Å². The van der Waals surface area contributed by atoms with E-state index >= 15 is 0 Å². The predicted molar refractivity (Wildman–Crippen MR) is 75.2 cm³/mol. The van der Waals surface area contributed by atoms with Crippen LogP contribution in [0, 0.1) is 18.6 Å². The Morgan fingerprint density at radius 1 is 1.14 bits per heavy atom. The Kier molecular flexibility index (Phi) is 3.05. The van der Waals surface area contributed by atoms with Crippen molar-refractivity contribution in [2.24, 2.45) is 7.05 Å². The summed E-state index contributed by atoms with van der Waals surface area (Å²) in [6.07, 6.45) is 0. The van der Waals surface area contributed by atoms with E-state index in [1.807, 2.05) is 6.07 Å². The van der Waals surface area contributed by atoms with Gasteiger partial charge in [0.2, 0.25) is 5.78 Å². The molecule has 0 unspecified atom stereocenters. The number of hydrogen-bond donors (Lipinski definition) is 0. The number of nitrogens with zero attached hydrogens (tertiary/aromatic N) is 2. The number of carbonyl (C=O) groups is 1. The van der Waals surface area contributed by atoms with Crippen LogP contribution >= 0.6 is 0 Å². The van der Waals surface area contributed by atoms with Crippen molar-refractivity contribution in [3.63, 3.8) is 0 Å². The van der Waals surface area contributed by atoms with Gasteiger partial charge in [-0.3, -0.25) is 9.48 Å². The van der Waals surface area contributed by atoms with Gasteiger partial charge in [0, 0.05) is 12.4 Å². The molecule has 5 heteroatoms. The van der Waals surface area contributed by atoms with Gasteiger partial charge in [0.25, 0.3) is 0 Å². The Bertz CT molecular complexity index is 868. The molecule has 0 saturated carbocycles. The molecule has 21 heavy (non-hydrogen) atoms. The van der Waals surface area contributed by atoms with Crippen LogP contribution in [0.3, 0.4) is 0 Å². The largest absolute Gasteiger partial charge is 0.287 e. The molecule has 0 saturated heterocycles. The van der Waals surface area contributed by atoms with Gasteiger partial charge in [-0.1, -0.05) is 24.3 Å². The lowest BCUT2D eigenvalue weighted by atomic mass is 10.0. The first-order chi connectivity index (χ1) is 10.0. The lowest BCUT2D eigenvalue weighted by Crippen LogP contribution is -2.10. The minimum Gasteiger partial charge on any atom is -0.287 e. The molecule has 0 fully saturated rings. The molecule has 0 spiro atoms. The Morgan fingerprint density at radius 2 is 1.86 bits per heavy atom. The number of fused-ring (bicyclic) bond motifs is 1. The third-order valence-corrected chi connectivity index (χ3v) is 3.48. The van der Waals surface area contributed by atoms with E-state index in [0.29, 0.717) is 5.39 Å². The minimum atomic E-state index is -0.877. The Hall–Kier alpha value is -2.56. The fraction of sp³-hybridized carbons (Fsp3) is 0.125. The first-order valence-electron chi connectivity index (χ1n) is 6.41. The van der Waals surface area contributed by atoms with Gasteiger partial charge >= 0.3 is 0 Å². The summed E-state index contributed by atoms with van der Waals surface area (Å²) < 4.78 is 29.5. The summed E-state index contributed by atoms with van der Waals surface area (Å²) in [5.41, 5.74) is 0.449. The molecule has 0 N–H and O–H groups in total. The number of aryl methyl sites for hydroxylation is 2. The molecule has 1 aromatic heterocycles. The van der Waals surface area contributed by atoms with Gasteiger partial charge in [-0.15, -0.1) is 0 Å². The second-order valence-corrected chi connectivity index (χ2v) is 4.87. The molecule has 3 rings (SSSR count). The van der Waals surface area contributed by atoms with Gasteiger partial charge in [-0.05, 0) is 24.6 Å². The van der Waals surface area contributed by atoms with Gasteiger partial charge < -0.3 is 0 Å². The van der Waals surface area contributed by atoms with Gasteiger partial charge in [0.05, 0.1) is 11.1 Å². The zero-order valence-corrected chi connectivity index (χ0v) is 11.5. The monoisotopic (exact) mass is 286 g/mol. The van der Waals surface area contributed by atoms with E-state index in [-0.39, 0.29) is 11.3 Å². The van der Waals surface area contributed by atoms with E-state index in [1.54, 1.807) is 25.2 Å². The van der Waals surface area contributed by atoms with Crippen LogP contribution in [0.5, 0.6) is 0 Å². The molecule has 0 radical (unpaired) electrons. The van der Waals surface area contributed by atoms with Crippen molar-refractivity contribution in [2.45, 2.75) is 6.92 Å². The second-order valence-electron chi connectivity index (χ2n) is 4.87. The topological polar surface area (TPSA) is 34.9 Å². The van der Waals surface area contributed by atoms with Crippen LogP contribution in [0.2, 0.25) is 0 Å². The highest BCUT2D eigenvalue weighted by atomic mass is 19.1. The summed E-state index contributed by atoms with van der Waals surface area (Å²) >= 11 is 0. The number of carbonyl (C=O) groups excluding carboxylic acids is 1. The molecule has 1 heterocycles. The maximum atomic E-state index is 14.1. The number of benzene rings is 2. The number of ketones is 1. The van der Waals surface area contributed by atoms with E-state index in [9.17, 15) is 13.6 Å². The van der Waals surface area contributed by atoms with Crippen LogP contribution in [-0.2, 0) is 7.05 Å². The zero-order chi connectivity index (χ0) is 15.1. The molecular weight excluding hydrogens is 274 g/mol. The first kappa shape index (κ1) is 13.4. The lowest BCUT2D eigenvalue weighted by Gasteiger charge is -2.05. The smallest absolute Gasteiger partial charge is 0.219 e. The normalized spacial score (nSPS) is 11.0. The molecule has 0 amide bonds. The van der Waals surface area contributed by atoms with Gasteiger partial charge in [0.1, 0.15) is 17.3 Å². The molecule has 0 aliphatic heterocycles. The number of rotatable bonds is 2. The fourth-order valence-electron chi connectivity index (χ4n) is 2.36. The average molecular weight is 286 g/mol. The number of aromatic nitrogens is 2. The summed E-state index contributed by atoms with van der Waals surface area (Å²) in [5, 5.41) is 4.69. The van der Waals surface area contributed by atoms with Crippen molar-refractivity contribution < 1.29 is 13.6 Å². The Labute approximate surface area is 119 Å². The first-order valence-corrected chi connectivity index (χ1v) is 6.41. The quantitative estimate of drug-likeness (QED) is 0.677. The van der Waals surface area contributed by atoms with Crippen molar-refractivity contribution in [1.82, 2.24) is 9.78 Å². The van der Waals surface area contributed by atoms with Crippen molar-refractivity contribution in [3.8, 4) is 0 Å². The van der Waals surface area contributed by atoms with E-state index in [1.165, 1.54) is 17.7 Å². The van der Waals surface area contributed by atoms with Crippen LogP contribution in [0.1, 0.15) is 21.6 Å². The van der Waals surface area contributed by atoms with Crippen LogP contribution < -0.4 is 0 Å². The van der Waals surface area contributed by atoms with Crippen LogP contribution in [-0.4, -0.2) is 15.6 Å². The molecule has 0 aliphatic carbocycles. The second kappa shape index (κ2) is 4.77. The highest BCUT2D eigenvalue weighted by Gasteiger charge is 2.24.